The second-order valence-corrected chi connectivity index (χ2v) is 16.6. The largest absolute Gasteiger partial charge is 0.368 e. The number of hydrogen-bond donors (Lipinski definition) is 0. The highest BCUT2D eigenvalue weighted by atomic mass is 19.3. The number of Topliss-reactive ketones (excluding diaryl/α,β-unsaturated/α-hetero) is 2. The molecule has 9 nitrogen and oxygen atoms in total. The van der Waals surface area contributed by atoms with Gasteiger partial charge in [0.05, 0.1) is 16.6 Å². The summed E-state index contributed by atoms with van der Waals surface area (Å²) < 4.78 is 44.6. The van der Waals surface area contributed by atoms with E-state index in [1.807, 2.05) is 44.7 Å². The molecule has 1 aliphatic carbocycles. The average Bonchev–Trinajstić information content (AvgIpc) is 4.12. The van der Waals surface area contributed by atoms with Gasteiger partial charge in [0.25, 0.3) is 0 Å². The number of piperazine rings is 1. The van der Waals surface area contributed by atoms with Gasteiger partial charge in [0.2, 0.25) is 0 Å². The van der Waals surface area contributed by atoms with Crippen molar-refractivity contribution < 1.29 is 27.6 Å². The third-order valence-corrected chi connectivity index (χ3v) is 12.7. The van der Waals surface area contributed by atoms with E-state index in [0.29, 0.717) is 68.1 Å². The van der Waals surface area contributed by atoms with Gasteiger partial charge in [-0.3, -0.25) is 24.0 Å². The summed E-state index contributed by atoms with van der Waals surface area (Å²) in [5, 5.41) is 1.31. The number of carbonyl (C=O) groups is 3. The fraction of sp³-hybridized carbons (Fsp3) is 0.481. The molecule has 1 unspecified atom stereocenters. The van der Waals surface area contributed by atoms with Crippen molar-refractivity contribution in [2.45, 2.75) is 107 Å². The molecule has 64 heavy (non-hydrogen) atoms. The number of pyridine rings is 2. The van der Waals surface area contributed by atoms with Crippen LogP contribution in [-0.4, -0.2) is 83.1 Å². The van der Waals surface area contributed by atoms with E-state index in [0.717, 1.165) is 88.0 Å². The molecule has 0 spiro atoms. The Morgan fingerprint density at radius 2 is 1.52 bits per heavy atom. The second kappa shape index (κ2) is 23.5. The zero-order chi connectivity index (χ0) is 46.5. The lowest BCUT2D eigenvalue weighted by atomic mass is 9.93. The first kappa shape index (κ1) is 49.7. The summed E-state index contributed by atoms with van der Waals surface area (Å²) in [6.07, 6.45) is 13.0. The number of benzene rings is 2. The Balaban J connectivity index is 0.000000443. The van der Waals surface area contributed by atoms with E-state index >= 15 is 4.39 Å². The van der Waals surface area contributed by atoms with Gasteiger partial charge in [0.1, 0.15) is 6.29 Å². The van der Waals surface area contributed by atoms with Crippen molar-refractivity contribution in [2.75, 3.05) is 55.6 Å². The van der Waals surface area contributed by atoms with Crippen LogP contribution in [0.3, 0.4) is 0 Å². The van der Waals surface area contributed by atoms with Crippen LogP contribution >= 0.6 is 0 Å². The monoisotopic (exact) mass is 881 g/mol. The van der Waals surface area contributed by atoms with Crippen molar-refractivity contribution in [3.63, 3.8) is 0 Å². The average molecular weight is 881 g/mol. The highest BCUT2D eigenvalue weighted by Crippen LogP contribution is 2.37. The quantitative estimate of drug-likeness (QED) is 0.0656. The number of halogens is 3. The Bertz CT molecular complexity index is 2390. The Labute approximate surface area is 377 Å². The number of anilines is 2. The molecule has 3 aromatic heterocycles. The normalized spacial score (nSPS) is 15.7. The van der Waals surface area contributed by atoms with Crippen LogP contribution in [0.4, 0.5) is 24.7 Å². The summed E-state index contributed by atoms with van der Waals surface area (Å²) in [5.74, 6) is 0.876. The van der Waals surface area contributed by atoms with Crippen molar-refractivity contribution in [1.29, 1.82) is 0 Å². The standard InChI is InChI=1S/C38H39F3N6O2.C10H16O.2C2H6/c1-24(48)29-4-3-5-34(36(29)25(2)49)45-18-16-44(17-19-45)13-9-26-10-14-46(15-11-26)37-32(39)20-28(22-43-37)27-6-7-30-31-23-42-12-8-33(31)47(38(40)41)35(30)21-27;1-8(4-3-7-11)9(2)10-5-6-10;2*1-2/h3-8,12,20-23,26,38H,9-11,13-19H2,1-2H3;7-8H,3-6H2,1-2H3;2*1-2H3. The summed E-state index contributed by atoms with van der Waals surface area (Å²) in [7, 11) is 0. The Morgan fingerprint density at radius 1 is 0.812 bits per heavy atom. The molecule has 1 atom stereocenters. The van der Waals surface area contributed by atoms with E-state index in [2.05, 4.69) is 33.6 Å². The lowest BCUT2D eigenvalue weighted by Crippen LogP contribution is -2.47. The molecule has 1 saturated carbocycles. The molecule has 0 radical (unpaired) electrons. The number of hydrogen-bond acceptors (Lipinski definition) is 8. The molecular weight excluding hydrogens is 814 g/mol. The molecular formula is C52H67F3N6O3. The van der Waals surface area contributed by atoms with Gasteiger partial charge in [0.15, 0.2) is 23.2 Å². The van der Waals surface area contributed by atoms with Gasteiger partial charge in [-0.2, -0.15) is 8.78 Å². The number of alkyl halides is 2. The van der Waals surface area contributed by atoms with E-state index < -0.39 is 12.4 Å². The van der Waals surface area contributed by atoms with Crippen molar-refractivity contribution >= 4 is 51.2 Å². The molecule has 8 rings (SSSR count). The number of aromatic nitrogens is 3. The Kier molecular flexibility index (Phi) is 18.3. The van der Waals surface area contributed by atoms with Gasteiger partial charge in [-0.05, 0) is 108 Å². The van der Waals surface area contributed by atoms with Crippen molar-refractivity contribution in [1.82, 2.24) is 19.4 Å². The lowest BCUT2D eigenvalue weighted by Gasteiger charge is -2.38. The zero-order valence-electron chi connectivity index (χ0n) is 39.1. The maximum Gasteiger partial charge on any atom is 0.319 e. The highest BCUT2D eigenvalue weighted by Gasteiger charge is 2.27. The van der Waals surface area contributed by atoms with Crippen LogP contribution in [0.5, 0.6) is 0 Å². The van der Waals surface area contributed by atoms with E-state index in [4.69, 9.17) is 0 Å². The number of nitrogens with zero attached hydrogens (tertiary/aromatic N) is 6. The number of rotatable bonds is 13. The molecule has 3 fully saturated rings. The summed E-state index contributed by atoms with van der Waals surface area (Å²) in [4.78, 5) is 49.9. The molecule has 344 valence electrons. The molecule has 2 aromatic carbocycles. The SMILES string of the molecule is CC.CC.CC(=C1CC1)C(C)CCC=O.CC(=O)c1cccc(N2CCN(CCC3CCN(c4ncc(-c5ccc6c7cnccc7n(C(F)F)c6c5)cc4F)CC3)CC2)c1C(C)=O. The summed E-state index contributed by atoms with van der Waals surface area (Å²) >= 11 is 0. The highest BCUT2D eigenvalue weighted by molar-refractivity contribution is 6.11. The Morgan fingerprint density at radius 3 is 2.12 bits per heavy atom. The van der Waals surface area contributed by atoms with Crippen LogP contribution in [0.1, 0.15) is 128 Å². The first-order valence-electron chi connectivity index (χ1n) is 23.3. The molecule has 3 aliphatic rings. The molecule has 2 saturated heterocycles. The van der Waals surface area contributed by atoms with Crippen LogP contribution in [0.15, 0.2) is 78.3 Å². The molecule has 5 heterocycles. The zero-order valence-corrected chi connectivity index (χ0v) is 39.1. The second-order valence-electron chi connectivity index (χ2n) is 16.6. The van der Waals surface area contributed by atoms with Crippen LogP contribution in [-0.2, 0) is 4.79 Å². The number of allylic oxidation sites excluding steroid dienone is 2. The van der Waals surface area contributed by atoms with E-state index in [1.54, 1.807) is 48.3 Å². The summed E-state index contributed by atoms with van der Waals surface area (Å²) in [6, 6.07) is 13.8. The first-order valence-corrected chi connectivity index (χ1v) is 23.3. The topological polar surface area (TPSA) is 91.6 Å². The van der Waals surface area contributed by atoms with Gasteiger partial charge >= 0.3 is 6.55 Å². The fourth-order valence-electron chi connectivity index (χ4n) is 8.92. The van der Waals surface area contributed by atoms with Crippen molar-refractivity contribution in [2.24, 2.45) is 11.8 Å². The van der Waals surface area contributed by atoms with Gasteiger partial charge in [-0.1, -0.05) is 70.0 Å². The van der Waals surface area contributed by atoms with Crippen LogP contribution in [0.25, 0.3) is 32.9 Å². The number of ketones is 2. The van der Waals surface area contributed by atoms with Crippen molar-refractivity contribution in [3.8, 4) is 11.1 Å². The molecule has 12 heteroatoms. The predicted octanol–water partition coefficient (Wildman–Crippen LogP) is 12.4. The summed E-state index contributed by atoms with van der Waals surface area (Å²) in [6.45, 7) is 18.5. The van der Waals surface area contributed by atoms with E-state index in [-0.39, 0.29) is 11.6 Å². The van der Waals surface area contributed by atoms with Gasteiger partial charge in [-0.25, -0.2) is 9.37 Å². The predicted molar refractivity (Wildman–Crippen MR) is 255 cm³/mol. The number of carbonyl (C=O) groups excluding carboxylic acids is 3. The minimum absolute atomic E-state index is 0.0897. The Hall–Kier alpha value is -5.36. The first-order chi connectivity index (χ1) is 30.9. The minimum atomic E-state index is -2.73. The van der Waals surface area contributed by atoms with E-state index in [1.165, 1.54) is 44.5 Å². The number of piperidine rings is 1. The number of aldehydes is 1. The van der Waals surface area contributed by atoms with Gasteiger partial charge in [0, 0.05) is 91.9 Å². The van der Waals surface area contributed by atoms with Crippen LogP contribution < -0.4 is 9.80 Å². The maximum absolute atomic E-state index is 15.5. The van der Waals surface area contributed by atoms with E-state index in [9.17, 15) is 23.2 Å². The smallest absolute Gasteiger partial charge is 0.319 e. The minimum Gasteiger partial charge on any atom is -0.368 e. The van der Waals surface area contributed by atoms with Crippen LogP contribution in [0.2, 0.25) is 0 Å². The maximum atomic E-state index is 15.5. The third kappa shape index (κ3) is 11.9. The molecule has 0 amide bonds. The van der Waals surface area contributed by atoms with Gasteiger partial charge < -0.3 is 14.6 Å². The molecule has 0 bridgehead atoms. The van der Waals surface area contributed by atoms with Crippen LogP contribution in [0, 0.1) is 17.7 Å². The summed E-state index contributed by atoms with van der Waals surface area (Å²) in [5.41, 5.74) is 6.93. The lowest BCUT2D eigenvalue weighted by molar-refractivity contribution is -0.108. The fourth-order valence-corrected chi connectivity index (χ4v) is 8.92. The molecule has 2 aliphatic heterocycles. The van der Waals surface area contributed by atoms with Crippen molar-refractivity contribution in [3.05, 3.63) is 95.2 Å². The molecule has 5 aromatic rings. The molecule has 0 N–H and O–H groups in total. The number of fused-ring (bicyclic) bond motifs is 3. The third-order valence-electron chi connectivity index (χ3n) is 12.7. The van der Waals surface area contributed by atoms with Gasteiger partial charge in [-0.15, -0.1) is 0 Å².